The Hall–Kier alpha value is -3.27. The van der Waals surface area contributed by atoms with Crippen LogP contribution in [0.25, 0.3) is 0 Å². The molecule has 3 N–H and O–H groups in total. The number of hydrogen-bond donors (Lipinski definition) is 3. The minimum atomic E-state index is -0.356. The van der Waals surface area contributed by atoms with Crippen LogP contribution in [0.3, 0.4) is 0 Å². The largest absolute Gasteiger partial charge is 0.495 e. The standard InChI is InChI=1S/C27H28ClN3O4S2/c1-5-25(26(33)31-22-14-21(28)23(34-3)15-24(22)35-4)37-20-8-6-7-19(13-20)30-27(36)29-18-11-9-17(10-12-18)16(2)32/h6-15,25H,5H2,1-4H3,(H,31,33)(H2,29,30,36). The molecular weight excluding hydrogens is 530 g/mol. The SMILES string of the molecule is CCC(Sc1cccc(NC(=S)Nc2ccc(C(C)=O)cc2)c1)C(=O)Nc1cc(Cl)c(OC)cc1OC. The highest BCUT2D eigenvalue weighted by molar-refractivity contribution is 8.00. The lowest BCUT2D eigenvalue weighted by Gasteiger charge is -2.18. The van der Waals surface area contributed by atoms with Gasteiger partial charge in [-0.15, -0.1) is 11.8 Å². The second-order valence-corrected chi connectivity index (χ2v) is 10.0. The van der Waals surface area contributed by atoms with E-state index in [9.17, 15) is 9.59 Å². The topological polar surface area (TPSA) is 88.7 Å². The van der Waals surface area contributed by atoms with Crippen LogP contribution < -0.4 is 25.4 Å². The maximum Gasteiger partial charge on any atom is 0.237 e. The first-order chi connectivity index (χ1) is 17.7. The van der Waals surface area contributed by atoms with Crippen LogP contribution in [0.1, 0.15) is 30.6 Å². The fourth-order valence-corrected chi connectivity index (χ4v) is 4.88. The molecule has 0 bridgehead atoms. The molecule has 3 aromatic carbocycles. The average Bonchev–Trinajstić information content (AvgIpc) is 2.87. The number of halogens is 1. The summed E-state index contributed by atoms with van der Waals surface area (Å²) in [7, 11) is 3.03. The Morgan fingerprint density at radius 2 is 1.62 bits per heavy atom. The molecule has 0 aliphatic rings. The second-order valence-electron chi connectivity index (χ2n) is 7.93. The van der Waals surface area contributed by atoms with E-state index in [0.717, 1.165) is 16.3 Å². The number of carbonyl (C=O) groups excluding carboxylic acids is 2. The number of Topliss-reactive ketones (excluding diaryl/α,β-unsaturated/α-hetero) is 1. The number of nitrogens with one attached hydrogen (secondary N) is 3. The zero-order valence-electron chi connectivity index (χ0n) is 20.9. The van der Waals surface area contributed by atoms with Gasteiger partial charge in [0.05, 0.1) is 30.2 Å². The molecule has 1 amide bonds. The van der Waals surface area contributed by atoms with E-state index in [1.165, 1.54) is 32.9 Å². The van der Waals surface area contributed by atoms with Gasteiger partial charge < -0.3 is 25.4 Å². The van der Waals surface area contributed by atoms with Crippen molar-refractivity contribution in [1.82, 2.24) is 0 Å². The predicted octanol–water partition coefficient (Wildman–Crippen LogP) is 6.88. The lowest BCUT2D eigenvalue weighted by Crippen LogP contribution is -2.25. The van der Waals surface area contributed by atoms with Crippen molar-refractivity contribution in [2.24, 2.45) is 0 Å². The van der Waals surface area contributed by atoms with Gasteiger partial charge in [-0.2, -0.15) is 0 Å². The van der Waals surface area contributed by atoms with Crippen molar-refractivity contribution in [3.8, 4) is 11.5 Å². The van der Waals surface area contributed by atoms with Gasteiger partial charge in [0.25, 0.3) is 0 Å². The summed E-state index contributed by atoms with van der Waals surface area (Å²) in [4.78, 5) is 25.4. The number of thiocarbonyl (C=S) groups is 1. The highest BCUT2D eigenvalue weighted by Crippen LogP contribution is 2.37. The van der Waals surface area contributed by atoms with Gasteiger partial charge in [-0.1, -0.05) is 24.6 Å². The summed E-state index contributed by atoms with van der Waals surface area (Å²) < 4.78 is 10.6. The van der Waals surface area contributed by atoms with Gasteiger partial charge in [0, 0.05) is 27.9 Å². The van der Waals surface area contributed by atoms with Crippen LogP contribution >= 0.6 is 35.6 Å². The number of ketones is 1. The minimum absolute atomic E-state index is 0.00701. The van der Waals surface area contributed by atoms with E-state index < -0.39 is 0 Å². The third-order valence-corrected chi connectivity index (χ3v) is 7.17. The number of rotatable bonds is 10. The molecule has 3 aromatic rings. The van der Waals surface area contributed by atoms with Crippen LogP contribution in [0.15, 0.2) is 65.6 Å². The zero-order chi connectivity index (χ0) is 26.9. The van der Waals surface area contributed by atoms with E-state index in [2.05, 4.69) is 16.0 Å². The Balaban J connectivity index is 1.64. The normalized spacial score (nSPS) is 11.3. The van der Waals surface area contributed by atoms with E-state index in [1.54, 1.807) is 36.4 Å². The molecule has 0 aromatic heterocycles. The maximum absolute atomic E-state index is 13.1. The Labute approximate surface area is 231 Å². The first-order valence-electron chi connectivity index (χ1n) is 11.4. The highest BCUT2D eigenvalue weighted by atomic mass is 35.5. The predicted molar refractivity (Wildman–Crippen MR) is 156 cm³/mol. The molecule has 0 aliphatic carbocycles. The van der Waals surface area contributed by atoms with Gasteiger partial charge >= 0.3 is 0 Å². The zero-order valence-corrected chi connectivity index (χ0v) is 23.3. The molecule has 3 rings (SSSR count). The quantitative estimate of drug-likeness (QED) is 0.141. The van der Waals surface area contributed by atoms with Crippen molar-refractivity contribution in [3.63, 3.8) is 0 Å². The Morgan fingerprint density at radius 3 is 2.24 bits per heavy atom. The molecule has 37 heavy (non-hydrogen) atoms. The smallest absolute Gasteiger partial charge is 0.237 e. The van der Waals surface area contributed by atoms with Crippen LogP contribution in [0.4, 0.5) is 17.1 Å². The van der Waals surface area contributed by atoms with E-state index in [0.29, 0.717) is 39.3 Å². The summed E-state index contributed by atoms with van der Waals surface area (Å²) in [6.07, 6.45) is 0.608. The first-order valence-corrected chi connectivity index (χ1v) is 13.1. The number of amides is 1. The summed E-state index contributed by atoms with van der Waals surface area (Å²) in [6, 6.07) is 18.0. The van der Waals surface area contributed by atoms with Crippen molar-refractivity contribution < 1.29 is 19.1 Å². The molecule has 0 fully saturated rings. The van der Waals surface area contributed by atoms with Crippen molar-refractivity contribution in [3.05, 3.63) is 71.2 Å². The summed E-state index contributed by atoms with van der Waals surface area (Å²) in [6.45, 7) is 3.48. The monoisotopic (exact) mass is 557 g/mol. The second kappa shape index (κ2) is 13.3. The number of methoxy groups -OCH3 is 2. The first kappa shape index (κ1) is 28.3. The molecule has 7 nitrogen and oxygen atoms in total. The van der Waals surface area contributed by atoms with Crippen LogP contribution in [0.2, 0.25) is 5.02 Å². The Kier molecular flexibility index (Phi) is 10.2. The molecule has 194 valence electrons. The number of hydrogen-bond acceptors (Lipinski definition) is 6. The Morgan fingerprint density at radius 1 is 0.946 bits per heavy atom. The number of thioether (sulfide) groups is 1. The van der Waals surface area contributed by atoms with E-state index in [-0.39, 0.29) is 16.9 Å². The van der Waals surface area contributed by atoms with Crippen LogP contribution in [-0.4, -0.2) is 36.3 Å². The van der Waals surface area contributed by atoms with Crippen molar-refractivity contribution >= 4 is 69.4 Å². The summed E-state index contributed by atoms with van der Waals surface area (Å²) in [5.74, 6) is 0.754. The van der Waals surface area contributed by atoms with Crippen molar-refractivity contribution in [2.75, 3.05) is 30.2 Å². The third kappa shape index (κ3) is 7.85. The lowest BCUT2D eigenvalue weighted by molar-refractivity contribution is -0.115. The van der Waals surface area contributed by atoms with Gasteiger partial charge in [0.15, 0.2) is 10.9 Å². The van der Waals surface area contributed by atoms with Crippen molar-refractivity contribution in [1.29, 1.82) is 0 Å². The molecule has 0 spiro atoms. The molecule has 0 saturated heterocycles. The fraction of sp³-hybridized carbons (Fsp3) is 0.222. The van der Waals surface area contributed by atoms with E-state index >= 15 is 0 Å². The van der Waals surface area contributed by atoms with Crippen LogP contribution in [0.5, 0.6) is 11.5 Å². The molecular formula is C27H28ClN3O4S2. The lowest BCUT2D eigenvalue weighted by atomic mass is 10.1. The molecule has 0 aliphatic heterocycles. The average molecular weight is 558 g/mol. The number of benzene rings is 3. The maximum atomic E-state index is 13.1. The molecule has 0 heterocycles. The van der Waals surface area contributed by atoms with Crippen molar-refractivity contribution in [2.45, 2.75) is 30.4 Å². The summed E-state index contributed by atoms with van der Waals surface area (Å²) in [5.41, 5.74) is 2.66. The summed E-state index contributed by atoms with van der Waals surface area (Å²) in [5, 5.41) is 9.60. The molecule has 1 atom stereocenters. The van der Waals surface area contributed by atoms with Gasteiger partial charge in [0.2, 0.25) is 5.91 Å². The van der Waals surface area contributed by atoms with Crippen LogP contribution in [-0.2, 0) is 4.79 Å². The molecule has 0 saturated carbocycles. The van der Waals surface area contributed by atoms with Crippen LogP contribution in [0, 0.1) is 0 Å². The number of carbonyl (C=O) groups is 2. The van der Waals surface area contributed by atoms with E-state index in [4.69, 9.17) is 33.3 Å². The minimum Gasteiger partial charge on any atom is -0.495 e. The molecule has 10 heteroatoms. The van der Waals surface area contributed by atoms with Gasteiger partial charge in [-0.25, -0.2) is 0 Å². The van der Waals surface area contributed by atoms with Gasteiger partial charge in [0.1, 0.15) is 11.5 Å². The number of anilines is 3. The van der Waals surface area contributed by atoms with Gasteiger partial charge in [-0.3, -0.25) is 9.59 Å². The summed E-state index contributed by atoms with van der Waals surface area (Å²) >= 11 is 13.1. The number of ether oxygens (including phenoxy) is 2. The molecule has 0 radical (unpaired) electrons. The Bertz CT molecular complexity index is 1290. The third-order valence-electron chi connectivity index (χ3n) is 5.31. The fourth-order valence-electron chi connectivity index (χ4n) is 3.39. The molecule has 1 unspecified atom stereocenters. The van der Waals surface area contributed by atoms with Gasteiger partial charge in [-0.05, 0) is 74.1 Å². The highest BCUT2D eigenvalue weighted by Gasteiger charge is 2.21. The van der Waals surface area contributed by atoms with E-state index in [1.807, 2.05) is 31.2 Å².